The molecule has 0 amide bonds. The van der Waals surface area contributed by atoms with Crippen molar-refractivity contribution in [1.29, 1.82) is 0 Å². The summed E-state index contributed by atoms with van der Waals surface area (Å²) >= 11 is 0. The van der Waals surface area contributed by atoms with Gasteiger partial charge in [0.1, 0.15) is 11.6 Å². The van der Waals surface area contributed by atoms with Crippen LogP contribution < -0.4 is 4.90 Å². The van der Waals surface area contributed by atoms with Crippen molar-refractivity contribution in [3.8, 4) is 11.4 Å². The molecule has 1 fully saturated rings. The van der Waals surface area contributed by atoms with Gasteiger partial charge in [-0.3, -0.25) is 9.88 Å². The molecular formula is C27H27N5. The lowest BCUT2D eigenvalue weighted by Gasteiger charge is -2.40. The van der Waals surface area contributed by atoms with E-state index in [-0.39, 0.29) is 6.04 Å². The topological polar surface area (TPSA) is 45.2 Å². The Bertz CT molecular complexity index is 1100. The van der Waals surface area contributed by atoms with E-state index in [0.717, 1.165) is 49.2 Å². The van der Waals surface area contributed by atoms with Crippen LogP contribution >= 0.6 is 0 Å². The molecule has 1 aliphatic rings. The summed E-state index contributed by atoms with van der Waals surface area (Å²) in [6.45, 7) is 5.74. The van der Waals surface area contributed by atoms with Gasteiger partial charge in [0.2, 0.25) is 0 Å². The molecule has 3 heterocycles. The molecule has 160 valence electrons. The number of piperazine rings is 1. The van der Waals surface area contributed by atoms with Gasteiger partial charge in [-0.25, -0.2) is 9.97 Å². The molecule has 5 nitrogen and oxygen atoms in total. The predicted octanol–water partition coefficient (Wildman–Crippen LogP) is 4.76. The highest BCUT2D eigenvalue weighted by atomic mass is 15.3. The highest BCUT2D eigenvalue weighted by Crippen LogP contribution is 2.30. The van der Waals surface area contributed by atoms with Gasteiger partial charge in [-0.15, -0.1) is 0 Å². The summed E-state index contributed by atoms with van der Waals surface area (Å²) in [6.07, 6.45) is 1.80. The normalized spacial score (nSPS) is 14.6. The molecule has 0 N–H and O–H groups in total. The van der Waals surface area contributed by atoms with Crippen LogP contribution in [-0.2, 0) is 0 Å². The van der Waals surface area contributed by atoms with Crippen molar-refractivity contribution in [2.45, 2.75) is 13.0 Å². The average molecular weight is 422 g/mol. The van der Waals surface area contributed by atoms with Crippen LogP contribution in [0.4, 0.5) is 5.82 Å². The van der Waals surface area contributed by atoms with Crippen LogP contribution in [0.1, 0.15) is 23.0 Å². The van der Waals surface area contributed by atoms with Crippen LogP contribution in [0.2, 0.25) is 0 Å². The maximum absolute atomic E-state index is 4.74. The summed E-state index contributed by atoms with van der Waals surface area (Å²) in [5, 5.41) is 0. The highest BCUT2D eigenvalue weighted by molar-refractivity contribution is 5.59. The third-order valence-electron chi connectivity index (χ3n) is 5.99. The summed E-state index contributed by atoms with van der Waals surface area (Å²) in [6, 6.07) is 29.9. The van der Waals surface area contributed by atoms with Crippen molar-refractivity contribution >= 4 is 5.82 Å². The molecule has 0 atom stereocenters. The van der Waals surface area contributed by atoms with Gasteiger partial charge in [-0.05, 0) is 30.2 Å². The molecule has 1 aliphatic heterocycles. The molecule has 4 aromatic rings. The molecule has 0 aliphatic carbocycles. The van der Waals surface area contributed by atoms with Gasteiger partial charge in [-0.1, -0.05) is 66.7 Å². The van der Waals surface area contributed by atoms with Crippen molar-refractivity contribution < 1.29 is 0 Å². The Balaban J connectivity index is 1.37. The Kier molecular flexibility index (Phi) is 5.90. The van der Waals surface area contributed by atoms with Gasteiger partial charge < -0.3 is 4.90 Å². The Labute approximate surface area is 189 Å². The van der Waals surface area contributed by atoms with E-state index >= 15 is 0 Å². The second kappa shape index (κ2) is 9.28. The number of aryl methyl sites for hydroxylation is 1. The largest absolute Gasteiger partial charge is 0.354 e. The minimum Gasteiger partial charge on any atom is -0.354 e. The summed E-state index contributed by atoms with van der Waals surface area (Å²) < 4.78 is 0. The van der Waals surface area contributed by atoms with E-state index in [1.165, 1.54) is 11.1 Å². The number of rotatable bonds is 5. The summed E-state index contributed by atoms with van der Waals surface area (Å²) in [5.74, 6) is 1.76. The monoisotopic (exact) mass is 421 g/mol. The summed E-state index contributed by atoms with van der Waals surface area (Å²) in [5.41, 5.74) is 4.43. The molecule has 32 heavy (non-hydrogen) atoms. The fourth-order valence-corrected chi connectivity index (χ4v) is 4.45. The van der Waals surface area contributed by atoms with Crippen molar-refractivity contribution in [2.75, 3.05) is 31.1 Å². The van der Waals surface area contributed by atoms with Gasteiger partial charge in [0.25, 0.3) is 0 Å². The number of pyridine rings is 1. The van der Waals surface area contributed by atoms with Gasteiger partial charge >= 0.3 is 0 Å². The van der Waals surface area contributed by atoms with Crippen LogP contribution in [0.25, 0.3) is 11.4 Å². The number of benzene rings is 2. The van der Waals surface area contributed by atoms with E-state index in [0.29, 0.717) is 0 Å². The Hall–Kier alpha value is -3.57. The first-order valence-electron chi connectivity index (χ1n) is 11.1. The fraction of sp³-hybridized carbons (Fsp3) is 0.222. The molecule has 0 saturated carbocycles. The fourth-order valence-electron chi connectivity index (χ4n) is 4.45. The van der Waals surface area contributed by atoms with Gasteiger partial charge in [-0.2, -0.15) is 0 Å². The zero-order chi connectivity index (χ0) is 21.8. The number of anilines is 1. The zero-order valence-corrected chi connectivity index (χ0v) is 18.3. The van der Waals surface area contributed by atoms with E-state index in [1.54, 1.807) is 6.20 Å². The third-order valence-corrected chi connectivity index (χ3v) is 5.99. The van der Waals surface area contributed by atoms with Crippen LogP contribution in [0, 0.1) is 6.92 Å². The van der Waals surface area contributed by atoms with Crippen LogP contribution in [-0.4, -0.2) is 46.0 Å². The second-order valence-corrected chi connectivity index (χ2v) is 8.12. The SMILES string of the molecule is Cc1nc(-c2ccccn2)cc(N2CCN(C(c3ccccc3)c3ccccc3)CC2)n1. The van der Waals surface area contributed by atoms with Crippen LogP contribution in [0.15, 0.2) is 91.1 Å². The summed E-state index contributed by atoms with van der Waals surface area (Å²) in [4.78, 5) is 18.8. The number of hydrogen-bond donors (Lipinski definition) is 0. The van der Waals surface area contributed by atoms with E-state index in [2.05, 4.69) is 86.5 Å². The zero-order valence-electron chi connectivity index (χ0n) is 18.3. The number of aromatic nitrogens is 3. The molecule has 2 aromatic carbocycles. The van der Waals surface area contributed by atoms with Crippen molar-refractivity contribution in [2.24, 2.45) is 0 Å². The lowest BCUT2D eigenvalue weighted by Crippen LogP contribution is -2.48. The molecule has 5 rings (SSSR count). The number of nitrogens with zero attached hydrogens (tertiary/aromatic N) is 5. The first-order valence-corrected chi connectivity index (χ1v) is 11.1. The Morgan fingerprint density at radius 2 is 1.31 bits per heavy atom. The molecule has 5 heteroatoms. The minimum absolute atomic E-state index is 0.260. The molecule has 2 aromatic heterocycles. The molecule has 0 spiro atoms. The van der Waals surface area contributed by atoms with E-state index in [9.17, 15) is 0 Å². The predicted molar refractivity (Wildman–Crippen MR) is 129 cm³/mol. The average Bonchev–Trinajstić information content (AvgIpc) is 2.86. The number of hydrogen-bond acceptors (Lipinski definition) is 5. The summed E-state index contributed by atoms with van der Waals surface area (Å²) in [7, 11) is 0. The quantitative estimate of drug-likeness (QED) is 0.465. The van der Waals surface area contributed by atoms with Crippen molar-refractivity contribution in [1.82, 2.24) is 19.9 Å². The van der Waals surface area contributed by atoms with Gasteiger partial charge in [0.05, 0.1) is 17.4 Å². The Morgan fingerprint density at radius 3 is 1.91 bits per heavy atom. The van der Waals surface area contributed by atoms with Crippen LogP contribution in [0.3, 0.4) is 0 Å². The van der Waals surface area contributed by atoms with E-state index < -0.39 is 0 Å². The molecule has 1 saturated heterocycles. The lowest BCUT2D eigenvalue weighted by molar-refractivity contribution is 0.212. The highest BCUT2D eigenvalue weighted by Gasteiger charge is 2.27. The maximum Gasteiger partial charge on any atom is 0.133 e. The molecular weight excluding hydrogens is 394 g/mol. The van der Waals surface area contributed by atoms with Gasteiger partial charge in [0, 0.05) is 38.4 Å². The van der Waals surface area contributed by atoms with Gasteiger partial charge in [0.15, 0.2) is 0 Å². The first-order chi connectivity index (χ1) is 15.8. The third kappa shape index (κ3) is 4.39. The molecule has 0 unspecified atom stereocenters. The molecule has 0 radical (unpaired) electrons. The first kappa shape index (κ1) is 20.3. The van der Waals surface area contributed by atoms with E-state index in [1.807, 2.05) is 25.1 Å². The standard InChI is InChI=1S/C27H27N5/c1-21-29-25(24-14-8-9-15-28-24)20-26(30-21)31-16-18-32(19-17-31)27(22-10-4-2-5-11-22)23-12-6-3-7-13-23/h2-15,20,27H,16-19H2,1H3. The van der Waals surface area contributed by atoms with Crippen molar-refractivity contribution in [3.63, 3.8) is 0 Å². The second-order valence-electron chi connectivity index (χ2n) is 8.12. The maximum atomic E-state index is 4.74. The smallest absolute Gasteiger partial charge is 0.133 e. The lowest BCUT2D eigenvalue weighted by atomic mass is 9.96. The molecule has 0 bridgehead atoms. The van der Waals surface area contributed by atoms with Crippen LogP contribution in [0.5, 0.6) is 0 Å². The van der Waals surface area contributed by atoms with Crippen molar-refractivity contribution in [3.05, 3.63) is 108 Å². The Morgan fingerprint density at radius 1 is 0.688 bits per heavy atom. The van der Waals surface area contributed by atoms with E-state index in [4.69, 9.17) is 4.98 Å². The minimum atomic E-state index is 0.260.